The molecule has 1 aromatic carbocycles. The maximum Gasteiger partial charge on any atom is 0.223 e. The number of carbonyl (C=O) groups excluding carboxylic acids is 1. The summed E-state index contributed by atoms with van der Waals surface area (Å²) in [5, 5.41) is 4.18. The van der Waals surface area contributed by atoms with E-state index in [1.165, 1.54) is 11.3 Å². The second-order valence-electron chi connectivity index (χ2n) is 6.62. The van der Waals surface area contributed by atoms with Crippen molar-refractivity contribution in [3.8, 4) is 0 Å². The molecule has 0 bridgehead atoms. The molecule has 0 fully saturated rings. The van der Waals surface area contributed by atoms with Crippen LogP contribution < -0.4 is 4.90 Å². The van der Waals surface area contributed by atoms with Crippen molar-refractivity contribution in [2.75, 3.05) is 18.5 Å². The van der Waals surface area contributed by atoms with Crippen molar-refractivity contribution in [3.05, 3.63) is 47.8 Å². The highest BCUT2D eigenvalue weighted by Gasteiger charge is 2.28. The fraction of sp³-hybridized carbons (Fsp3) is 0.474. The Labute approximate surface area is 143 Å². The number of anilines is 1. The minimum atomic E-state index is 0.232. The first-order valence-corrected chi connectivity index (χ1v) is 8.64. The zero-order chi connectivity index (χ0) is 17.1. The molecule has 5 nitrogen and oxygen atoms in total. The predicted octanol–water partition coefficient (Wildman–Crippen LogP) is 2.61. The Morgan fingerprint density at radius 1 is 1.29 bits per heavy atom. The molecule has 1 aromatic heterocycles. The third kappa shape index (κ3) is 3.45. The minimum absolute atomic E-state index is 0.232. The van der Waals surface area contributed by atoms with Crippen LogP contribution in [-0.4, -0.2) is 40.2 Å². The lowest BCUT2D eigenvalue weighted by Crippen LogP contribution is -2.43. The average molecular weight is 326 g/mol. The summed E-state index contributed by atoms with van der Waals surface area (Å²) in [6.45, 7) is 3.74. The largest absolute Gasteiger partial charge is 0.372 e. The normalized spacial score (nSPS) is 17.5. The van der Waals surface area contributed by atoms with E-state index in [4.69, 9.17) is 0 Å². The van der Waals surface area contributed by atoms with Gasteiger partial charge in [-0.25, -0.2) is 0 Å². The molecule has 1 amide bonds. The van der Waals surface area contributed by atoms with E-state index in [-0.39, 0.29) is 11.9 Å². The van der Waals surface area contributed by atoms with E-state index < -0.39 is 0 Å². The van der Waals surface area contributed by atoms with Crippen LogP contribution in [0.25, 0.3) is 0 Å². The maximum atomic E-state index is 12.9. The molecule has 128 valence electrons. The quantitative estimate of drug-likeness (QED) is 0.867. The Morgan fingerprint density at radius 2 is 2.08 bits per heavy atom. The van der Waals surface area contributed by atoms with Crippen molar-refractivity contribution in [1.29, 1.82) is 0 Å². The number of rotatable bonds is 4. The van der Waals surface area contributed by atoms with Gasteiger partial charge in [0.1, 0.15) is 0 Å². The van der Waals surface area contributed by atoms with Crippen molar-refractivity contribution in [2.24, 2.45) is 7.05 Å². The van der Waals surface area contributed by atoms with Gasteiger partial charge >= 0.3 is 0 Å². The number of likely N-dealkylation sites (N-methyl/N-ethyl adjacent to an activating group) is 1. The summed E-state index contributed by atoms with van der Waals surface area (Å²) in [5.74, 6) is 0.232. The maximum absolute atomic E-state index is 12.9. The van der Waals surface area contributed by atoms with E-state index in [1.807, 2.05) is 19.4 Å². The molecule has 0 spiro atoms. The molecule has 3 rings (SSSR count). The highest BCUT2D eigenvalue weighted by molar-refractivity contribution is 5.77. The number of fused-ring (bicyclic) bond motifs is 1. The molecule has 2 aromatic rings. The lowest BCUT2D eigenvalue weighted by atomic mass is 10.1. The lowest BCUT2D eigenvalue weighted by Gasteiger charge is -2.30. The number of aryl methyl sites for hydroxylation is 2. The molecule has 1 aliphatic rings. The molecule has 0 radical (unpaired) electrons. The smallest absolute Gasteiger partial charge is 0.223 e. The molecule has 1 atom stereocenters. The van der Waals surface area contributed by atoms with Gasteiger partial charge in [-0.15, -0.1) is 0 Å². The number of carbonyl (C=O) groups is 1. The first-order chi connectivity index (χ1) is 11.6. The topological polar surface area (TPSA) is 41.4 Å². The second kappa shape index (κ2) is 7.07. The zero-order valence-corrected chi connectivity index (χ0v) is 14.8. The number of para-hydroxylation sites is 1. The van der Waals surface area contributed by atoms with Gasteiger partial charge in [-0.1, -0.05) is 25.1 Å². The molecule has 1 aliphatic heterocycles. The van der Waals surface area contributed by atoms with Gasteiger partial charge in [-0.3, -0.25) is 9.48 Å². The predicted molar refractivity (Wildman–Crippen MR) is 95.9 cm³/mol. The molecule has 0 saturated carbocycles. The van der Waals surface area contributed by atoms with E-state index in [1.54, 1.807) is 4.68 Å². The summed E-state index contributed by atoms with van der Waals surface area (Å²) in [7, 11) is 4.02. The first kappa shape index (κ1) is 16.6. The van der Waals surface area contributed by atoms with Crippen molar-refractivity contribution in [2.45, 2.75) is 38.8 Å². The molecular formula is C19H26N4O. The summed E-state index contributed by atoms with van der Waals surface area (Å²) >= 11 is 0. The number of hydrogen-bond donors (Lipinski definition) is 0. The number of aromatic nitrogens is 2. The number of benzene rings is 1. The fourth-order valence-corrected chi connectivity index (χ4v) is 3.48. The van der Waals surface area contributed by atoms with E-state index in [2.05, 4.69) is 53.1 Å². The van der Waals surface area contributed by atoms with Crippen molar-refractivity contribution in [1.82, 2.24) is 14.7 Å². The Hall–Kier alpha value is -2.30. The van der Waals surface area contributed by atoms with Gasteiger partial charge in [0, 0.05) is 51.5 Å². The summed E-state index contributed by atoms with van der Waals surface area (Å²) in [4.78, 5) is 17.2. The number of amides is 1. The Kier molecular flexibility index (Phi) is 4.88. The summed E-state index contributed by atoms with van der Waals surface area (Å²) in [6.07, 6.45) is 6.08. The Bertz CT molecular complexity index is 709. The van der Waals surface area contributed by atoms with E-state index in [0.717, 1.165) is 24.9 Å². The van der Waals surface area contributed by atoms with Crippen LogP contribution in [0.3, 0.4) is 0 Å². The molecule has 0 saturated heterocycles. The third-order valence-corrected chi connectivity index (χ3v) is 4.85. The van der Waals surface area contributed by atoms with Gasteiger partial charge in [-0.05, 0) is 30.0 Å². The first-order valence-electron chi connectivity index (χ1n) is 8.64. The van der Waals surface area contributed by atoms with Crippen LogP contribution in [0.15, 0.2) is 36.7 Å². The van der Waals surface area contributed by atoms with Gasteiger partial charge in [0.05, 0.1) is 6.20 Å². The Morgan fingerprint density at radius 3 is 2.79 bits per heavy atom. The molecule has 0 unspecified atom stereocenters. The molecular weight excluding hydrogens is 300 g/mol. The molecule has 5 heteroatoms. The van der Waals surface area contributed by atoms with Crippen molar-refractivity contribution in [3.63, 3.8) is 0 Å². The van der Waals surface area contributed by atoms with E-state index in [9.17, 15) is 4.79 Å². The summed E-state index contributed by atoms with van der Waals surface area (Å²) < 4.78 is 1.78. The second-order valence-corrected chi connectivity index (χ2v) is 6.62. The molecule has 0 N–H and O–H groups in total. The van der Waals surface area contributed by atoms with Gasteiger partial charge < -0.3 is 9.80 Å². The van der Waals surface area contributed by atoms with Crippen LogP contribution in [0.2, 0.25) is 0 Å². The molecule has 0 aliphatic carbocycles. The average Bonchev–Trinajstić information content (AvgIpc) is 2.94. The van der Waals surface area contributed by atoms with E-state index in [0.29, 0.717) is 13.0 Å². The molecule has 24 heavy (non-hydrogen) atoms. The van der Waals surface area contributed by atoms with Gasteiger partial charge in [-0.2, -0.15) is 5.10 Å². The summed E-state index contributed by atoms with van der Waals surface area (Å²) in [5.41, 5.74) is 3.58. The summed E-state index contributed by atoms with van der Waals surface area (Å²) in [6, 6.07) is 8.65. The fourth-order valence-electron chi connectivity index (χ4n) is 3.48. The highest BCUT2D eigenvalue weighted by atomic mass is 16.2. The zero-order valence-electron chi connectivity index (χ0n) is 14.8. The minimum Gasteiger partial charge on any atom is -0.372 e. The van der Waals surface area contributed by atoms with Crippen LogP contribution in [0.4, 0.5) is 5.69 Å². The van der Waals surface area contributed by atoms with Gasteiger partial charge in [0.15, 0.2) is 0 Å². The van der Waals surface area contributed by atoms with Gasteiger partial charge in [0.25, 0.3) is 0 Å². The molecule has 2 heterocycles. The van der Waals surface area contributed by atoms with Crippen LogP contribution in [-0.2, 0) is 24.8 Å². The van der Waals surface area contributed by atoms with Crippen molar-refractivity contribution >= 4 is 11.6 Å². The van der Waals surface area contributed by atoms with Crippen molar-refractivity contribution < 1.29 is 4.79 Å². The number of hydrogen-bond acceptors (Lipinski definition) is 3. The lowest BCUT2D eigenvalue weighted by molar-refractivity contribution is -0.134. The standard InChI is InChI=1S/C19H26N4O/c1-4-17-14-21(2)18-8-6-5-7-16(18)13-23(17)19(24)10-9-15-11-20-22(3)12-15/h5-8,11-12,17H,4,9-10,13-14H2,1-3H3/t17-/m1/s1. The van der Waals surface area contributed by atoms with Gasteiger partial charge in [0.2, 0.25) is 5.91 Å². The third-order valence-electron chi connectivity index (χ3n) is 4.85. The highest BCUT2D eigenvalue weighted by Crippen LogP contribution is 2.27. The number of nitrogens with zero attached hydrogens (tertiary/aromatic N) is 4. The van der Waals surface area contributed by atoms with Crippen LogP contribution in [0.1, 0.15) is 30.9 Å². The van der Waals surface area contributed by atoms with Crippen LogP contribution in [0.5, 0.6) is 0 Å². The van der Waals surface area contributed by atoms with Crippen LogP contribution >= 0.6 is 0 Å². The monoisotopic (exact) mass is 326 g/mol. The van der Waals surface area contributed by atoms with Crippen LogP contribution in [0, 0.1) is 0 Å². The Balaban J connectivity index is 1.75. The SMILES string of the molecule is CC[C@@H]1CN(C)c2ccccc2CN1C(=O)CCc1cnn(C)c1. The van der Waals surface area contributed by atoms with E-state index >= 15 is 0 Å².